The first kappa shape index (κ1) is 18.4. The van der Waals surface area contributed by atoms with E-state index in [1.807, 2.05) is 19.1 Å². The maximum atomic E-state index is 12.9. The molecule has 0 aromatic heterocycles. The van der Waals surface area contributed by atoms with E-state index in [2.05, 4.69) is 5.32 Å². The molecule has 1 N–H and O–H groups in total. The fourth-order valence-electron chi connectivity index (χ4n) is 3.20. The van der Waals surface area contributed by atoms with Crippen LogP contribution in [0.25, 0.3) is 0 Å². The number of carbonyl (C=O) groups is 1. The Balaban J connectivity index is 1.86. The maximum absolute atomic E-state index is 12.9. The molecule has 1 amide bonds. The quantitative estimate of drug-likeness (QED) is 0.873. The van der Waals surface area contributed by atoms with Crippen LogP contribution in [0, 0.1) is 6.92 Å². The summed E-state index contributed by atoms with van der Waals surface area (Å²) in [7, 11) is -2.18. The van der Waals surface area contributed by atoms with Crippen molar-refractivity contribution in [1.82, 2.24) is 4.31 Å². The lowest BCUT2D eigenvalue weighted by Crippen LogP contribution is -2.43. The van der Waals surface area contributed by atoms with Gasteiger partial charge in [-0.15, -0.1) is 0 Å². The minimum Gasteiger partial charge on any atom is -0.495 e. The third kappa shape index (κ3) is 3.45. The SMILES string of the molecule is COc1cccc(C)c1NC(=O)C1CCCN1S(=O)(=O)c1ccccc1. The number of nitrogens with one attached hydrogen (secondary N) is 1. The number of nitrogens with zero attached hydrogens (tertiary/aromatic N) is 1. The summed E-state index contributed by atoms with van der Waals surface area (Å²) >= 11 is 0. The van der Waals surface area contributed by atoms with Gasteiger partial charge in [0.1, 0.15) is 11.8 Å². The van der Waals surface area contributed by atoms with Crippen molar-refractivity contribution in [2.24, 2.45) is 0 Å². The maximum Gasteiger partial charge on any atom is 0.243 e. The highest BCUT2D eigenvalue weighted by atomic mass is 32.2. The number of methoxy groups -OCH3 is 1. The first-order chi connectivity index (χ1) is 12.4. The van der Waals surface area contributed by atoms with Crippen molar-refractivity contribution in [3.63, 3.8) is 0 Å². The van der Waals surface area contributed by atoms with Gasteiger partial charge in [0.05, 0.1) is 17.7 Å². The Labute approximate surface area is 153 Å². The molecule has 3 rings (SSSR count). The zero-order chi connectivity index (χ0) is 18.7. The predicted molar refractivity (Wildman–Crippen MR) is 99.7 cm³/mol. The lowest BCUT2D eigenvalue weighted by Gasteiger charge is -2.24. The molecule has 1 fully saturated rings. The van der Waals surface area contributed by atoms with E-state index < -0.39 is 16.1 Å². The summed E-state index contributed by atoms with van der Waals surface area (Å²) in [5.74, 6) is 0.211. The largest absolute Gasteiger partial charge is 0.495 e. The van der Waals surface area contributed by atoms with Gasteiger partial charge in [-0.1, -0.05) is 30.3 Å². The smallest absolute Gasteiger partial charge is 0.243 e. The average Bonchev–Trinajstić information content (AvgIpc) is 3.15. The number of para-hydroxylation sites is 1. The number of carbonyl (C=O) groups excluding carboxylic acids is 1. The second-order valence-electron chi connectivity index (χ2n) is 6.23. The van der Waals surface area contributed by atoms with E-state index in [1.54, 1.807) is 36.4 Å². The van der Waals surface area contributed by atoms with Crippen LogP contribution in [0.3, 0.4) is 0 Å². The van der Waals surface area contributed by atoms with Crippen molar-refractivity contribution < 1.29 is 17.9 Å². The van der Waals surface area contributed by atoms with E-state index in [0.29, 0.717) is 30.8 Å². The average molecular weight is 374 g/mol. The predicted octanol–water partition coefficient (Wildman–Crippen LogP) is 2.80. The number of hydrogen-bond acceptors (Lipinski definition) is 4. The molecule has 6 nitrogen and oxygen atoms in total. The summed E-state index contributed by atoms with van der Waals surface area (Å²) in [6.07, 6.45) is 1.14. The van der Waals surface area contributed by atoms with Crippen molar-refractivity contribution in [3.05, 3.63) is 54.1 Å². The molecule has 0 spiro atoms. The number of hydrogen-bond donors (Lipinski definition) is 1. The molecule has 1 heterocycles. The van der Waals surface area contributed by atoms with Crippen LogP contribution in [-0.2, 0) is 14.8 Å². The Morgan fingerprint density at radius 2 is 1.88 bits per heavy atom. The monoisotopic (exact) mass is 374 g/mol. The van der Waals surface area contributed by atoms with Crippen LogP contribution in [0.1, 0.15) is 18.4 Å². The summed E-state index contributed by atoms with van der Waals surface area (Å²) in [5.41, 5.74) is 1.43. The Hall–Kier alpha value is -2.38. The Morgan fingerprint density at radius 1 is 1.15 bits per heavy atom. The molecule has 0 radical (unpaired) electrons. The molecule has 2 aromatic rings. The van der Waals surface area contributed by atoms with Gasteiger partial charge in [0.15, 0.2) is 0 Å². The molecule has 1 aliphatic rings. The van der Waals surface area contributed by atoms with Gasteiger partial charge in [0.2, 0.25) is 15.9 Å². The Morgan fingerprint density at radius 3 is 2.58 bits per heavy atom. The van der Waals surface area contributed by atoms with E-state index in [1.165, 1.54) is 11.4 Å². The van der Waals surface area contributed by atoms with Crippen LogP contribution in [-0.4, -0.2) is 38.3 Å². The normalized spacial score (nSPS) is 17.8. The molecule has 7 heteroatoms. The molecule has 138 valence electrons. The summed E-state index contributed by atoms with van der Waals surface area (Å²) in [5, 5.41) is 2.86. The first-order valence-electron chi connectivity index (χ1n) is 8.46. The third-order valence-corrected chi connectivity index (χ3v) is 6.48. The van der Waals surface area contributed by atoms with E-state index >= 15 is 0 Å². The second kappa shape index (κ2) is 7.47. The zero-order valence-electron chi connectivity index (χ0n) is 14.8. The van der Waals surface area contributed by atoms with Gasteiger partial charge >= 0.3 is 0 Å². The molecule has 1 atom stereocenters. The van der Waals surface area contributed by atoms with E-state index in [0.717, 1.165) is 5.56 Å². The van der Waals surface area contributed by atoms with Crippen LogP contribution in [0.15, 0.2) is 53.4 Å². The summed E-state index contributed by atoms with van der Waals surface area (Å²) in [6, 6.07) is 12.9. The molecule has 0 saturated carbocycles. The van der Waals surface area contributed by atoms with E-state index in [9.17, 15) is 13.2 Å². The number of amides is 1. The van der Waals surface area contributed by atoms with Crippen LogP contribution >= 0.6 is 0 Å². The van der Waals surface area contributed by atoms with Gasteiger partial charge in [-0.25, -0.2) is 8.42 Å². The zero-order valence-corrected chi connectivity index (χ0v) is 15.6. The number of rotatable bonds is 5. The molecule has 26 heavy (non-hydrogen) atoms. The fraction of sp³-hybridized carbons (Fsp3) is 0.316. The Bertz CT molecular complexity index is 897. The van der Waals surface area contributed by atoms with Crippen LogP contribution < -0.4 is 10.1 Å². The highest BCUT2D eigenvalue weighted by Gasteiger charge is 2.39. The summed E-state index contributed by atoms with van der Waals surface area (Å²) < 4.78 is 32.4. The van der Waals surface area contributed by atoms with Crippen molar-refractivity contribution in [2.45, 2.75) is 30.7 Å². The number of benzene rings is 2. The molecule has 1 aliphatic heterocycles. The van der Waals surface area contributed by atoms with Gasteiger partial charge in [-0.2, -0.15) is 4.31 Å². The van der Waals surface area contributed by atoms with Crippen molar-refractivity contribution in [1.29, 1.82) is 0 Å². The van der Waals surface area contributed by atoms with Gasteiger partial charge in [0, 0.05) is 6.54 Å². The molecular formula is C19H22N2O4S. The molecular weight excluding hydrogens is 352 g/mol. The lowest BCUT2D eigenvalue weighted by molar-refractivity contribution is -0.119. The van der Waals surface area contributed by atoms with Crippen LogP contribution in [0.2, 0.25) is 0 Å². The standard InChI is InChI=1S/C19H22N2O4S/c1-14-8-6-12-17(25-2)18(14)20-19(22)16-11-7-13-21(16)26(23,24)15-9-4-3-5-10-15/h3-6,8-10,12,16H,7,11,13H2,1-2H3,(H,20,22). The number of anilines is 1. The van der Waals surface area contributed by atoms with E-state index in [-0.39, 0.29) is 10.8 Å². The lowest BCUT2D eigenvalue weighted by atomic mass is 10.1. The summed E-state index contributed by atoms with van der Waals surface area (Å²) in [4.78, 5) is 13.1. The first-order valence-corrected chi connectivity index (χ1v) is 9.90. The van der Waals surface area contributed by atoms with Gasteiger partial charge in [-0.3, -0.25) is 4.79 Å². The number of ether oxygens (including phenoxy) is 1. The topological polar surface area (TPSA) is 75.7 Å². The fourth-order valence-corrected chi connectivity index (χ4v) is 4.87. The second-order valence-corrected chi connectivity index (χ2v) is 8.12. The van der Waals surface area contributed by atoms with Gasteiger partial charge in [0.25, 0.3) is 0 Å². The molecule has 0 bridgehead atoms. The molecule has 2 aromatic carbocycles. The highest BCUT2D eigenvalue weighted by molar-refractivity contribution is 7.89. The number of sulfonamides is 1. The van der Waals surface area contributed by atoms with Crippen LogP contribution in [0.5, 0.6) is 5.75 Å². The van der Waals surface area contributed by atoms with Crippen molar-refractivity contribution >= 4 is 21.6 Å². The van der Waals surface area contributed by atoms with Crippen molar-refractivity contribution in [3.8, 4) is 5.75 Å². The molecule has 0 aliphatic carbocycles. The minimum absolute atomic E-state index is 0.202. The van der Waals surface area contributed by atoms with E-state index in [4.69, 9.17) is 4.74 Å². The van der Waals surface area contributed by atoms with Crippen molar-refractivity contribution in [2.75, 3.05) is 19.0 Å². The summed E-state index contributed by atoms with van der Waals surface area (Å²) in [6.45, 7) is 2.20. The number of aryl methyl sites for hydroxylation is 1. The molecule has 1 saturated heterocycles. The minimum atomic E-state index is -3.71. The Kier molecular flexibility index (Phi) is 5.29. The van der Waals surface area contributed by atoms with Crippen LogP contribution in [0.4, 0.5) is 5.69 Å². The van der Waals surface area contributed by atoms with Gasteiger partial charge < -0.3 is 10.1 Å². The van der Waals surface area contributed by atoms with Gasteiger partial charge in [-0.05, 0) is 43.5 Å². The third-order valence-electron chi connectivity index (χ3n) is 4.56. The molecule has 1 unspecified atom stereocenters. The highest BCUT2D eigenvalue weighted by Crippen LogP contribution is 2.31.